The topological polar surface area (TPSA) is 56.4 Å². The Labute approximate surface area is 114 Å². The van der Waals surface area contributed by atoms with Crippen LogP contribution in [-0.2, 0) is 0 Å². The maximum absolute atomic E-state index is 14.1. The van der Waals surface area contributed by atoms with E-state index in [4.69, 9.17) is 11.1 Å². The average Bonchev–Trinajstić information content (AvgIpc) is 2.34. The summed E-state index contributed by atoms with van der Waals surface area (Å²) < 4.78 is 14.1. The maximum atomic E-state index is 14.1. The SMILES string of the molecule is CCCN(CCN(C)C)c1ccc(C(=N)N)cc1F. The Balaban J connectivity index is 2.92. The van der Waals surface area contributed by atoms with Gasteiger partial charge in [-0.2, -0.15) is 0 Å². The fourth-order valence-corrected chi connectivity index (χ4v) is 1.87. The van der Waals surface area contributed by atoms with Gasteiger partial charge in [0.25, 0.3) is 0 Å². The molecule has 19 heavy (non-hydrogen) atoms. The Kier molecular flexibility index (Phi) is 5.76. The lowest BCUT2D eigenvalue weighted by molar-refractivity contribution is 0.412. The molecule has 1 rings (SSSR count). The van der Waals surface area contributed by atoms with Crippen LogP contribution in [0.15, 0.2) is 18.2 Å². The largest absolute Gasteiger partial charge is 0.384 e. The van der Waals surface area contributed by atoms with Crippen molar-refractivity contribution >= 4 is 11.5 Å². The van der Waals surface area contributed by atoms with Gasteiger partial charge < -0.3 is 15.5 Å². The molecule has 0 fully saturated rings. The number of nitrogens with one attached hydrogen (secondary N) is 1. The van der Waals surface area contributed by atoms with Crippen molar-refractivity contribution in [3.63, 3.8) is 0 Å². The molecule has 106 valence electrons. The number of hydrogen-bond donors (Lipinski definition) is 2. The van der Waals surface area contributed by atoms with Gasteiger partial charge in [-0.1, -0.05) is 6.92 Å². The number of nitrogens with two attached hydrogens (primary N) is 1. The third-order valence-electron chi connectivity index (χ3n) is 2.91. The van der Waals surface area contributed by atoms with Crippen molar-refractivity contribution < 1.29 is 4.39 Å². The summed E-state index contributed by atoms with van der Waals surface area (Å²) in [6.07, 6.45) is 0.960. The Morgan fingerprint density at radius 3 is 2.42 bits per heavy atom. The molecule has 0 amide bonds. The molecule has 0 spiro atoms. The predicted molar refractivity (Wildman–Crippen MR) is 78.5 cm³/mol. The van der Waals surface area contributed by atoms with Crippen LogP contribution in [0.25, 0.3) is 0 Å². The zero-order chi connectivity index (χ0) is 14.4. The van der Waals surface area contributed by atoms with Crippen molar-refractivity contribution in [2.75, 3.05) is 38.6 Å². The van der Waals surface area contributed by atoms with Gasteiger partial charge in [0.2, 0.25) is 0 Å². The number of benzene rings is 1. The first-order valence-electron chi connectivity index (χ1n) is 6.49. The quantitative estimate of drug-likeness (QED) is 0.585. The van der Waals surface area contributed by atoms with Crippen LogP contribution in [0.4, 0.5) is 10.1 Å². The number of anilines is 1. The van der Waals surface area contributed by atoms with Crippen LogP contribution in [0.2, 0.25) is 0 Å². The van der Waals surface area contributed by atoms with Gasteiger partial charge in [-0.3, -0.25) is 5.41 Å². The van der Waals surface area contributed by atoms with Crippen molar-refractivity contribution in [1.82, 2.24) is 4.90 Å². The lowest BCUT2D eigenvalue weighted by Crippen LogP contribution is -2.33. The van der Waals surface area contributed by atoms with Gasteiger partial charge in [-0.25, -0.2) is 4.39 Å². The van der Waals surface area contributed by atoms with E-state index in [1.165, 1.54) is 6.07 Å². The van der Waals surface area contributed by atoms with E-state index in [1.807, 2.05) is 19.0 Å². The monoisotopic (exact) mass is 266 g/mol. The van der Waals surface area contributed by atoms with Crippen LogP contribution in [0.3, 0.4) is 0 Å². The smallest absolute Gasteiger partial charge is 0.147 e. The van der Waals surface area contributed by atoms with Gasteiger partial charge in [0.15, 0.2) is 0 Å². The van der Waals surface area contributed by atoms with Crippen LogP contribution < -0.4 is 10.6 Å². The molecule has 0 aliphatic rings. The fourth-order valence-electron chi connectivity index (χ4n) is 1.87. The van der Waals surface area contributed by atoms with Crippen molar-refractivity contribution in [1.29, 1.82) is 5.41 Å². The van der Waals surface area contributed by atoms with E-state index in [-0.39, 0.29) is 11.7 Å². The summed E-state index contributed by atoms with van der Waals surface area (Å²) in [6.45, 7) is 4.53. The first kappa shape index (κ1) is 15.4. The first-order chi connectivity index (χ1) is 8.95. The Hall–Kier alpha value is -1.62. The number of halogens is 1. The second-order valence-corrected chi connectivity index (χ2v) is 4.87. The highest BCUT2D eigenvalue weighted by Crippen LogP contribution is 2.20. The third kappa shape index (κ3) is 4.52. The number of nitrogens with zero attached hydrogens (tertiary/aromatic N) is 2. The molecule has 5 heteroatoms. The van der Waals surface area contributed by atoms with E-state index in [0.29, 0.717) is 11.3 Å². The molecule has 0 unspecified atom stereocenters. The van der Waals surface area contributed by atoms with E-state index in [1.54, 1.807) is 12.1 Å². The van der Waals surface area contributed by atoms with Crippen molar-refractivity contribution in [2.24, 2.45) is 5.73 Å². The molecule has 3 N–H and O–H groups in total. The van der Waals surface area contributed by atoms with Gasteiger partial charge in [-0.05, 0) is 38.7 Å². The van der Waals surface area contributed by atoms with Gasteiger partial charge in [0.05, 0.1) is 5.69 Å². The molecule has 0 aliphatic carbocycles. The average molecular weight is 266 g/mol. The molecule has 0 heterocycles. The number of nitrogen functional groups attached to an aromatic ring is 1. The second-order valence-electron chi connectivity index (χ2n) is 4.87. The molecule has 0 saturated heterocycles. The minimum absolute atomic E-state index is 0.110. The van der Waals surface area contributed by atoms with E-state index < -0.39 is 0 Å². The van der Waals surface area contributed by atoms with Gasteiger partial charge in [0, 0.05) is 25.2 Å². The molecule has 0 saturated carbocycles. The Morgan fingerprint density at radius 2 is 1.95 bits per heavy atom. The summed E-state index contributed by atoms with van der Waals surface area (Å²) in [5, 5.41) is 7.32. The summed E-state index contributed by atoms with van der Waals surface area (Å²) in [4.78, 5) is 4.10. The molecule has 1 aromatic carbocycles. The molecular weight excluding hydrogens is 243 g/mol. The number of likely N-dealkylation sites (N-methyl/N-ethyl adjacent to an activating group) is 1. The van der Waals surface area contributed by atoms with E-state index in [2.05, 4.69) is 11.8 Å². The summed E-state index contributed by atoms with van der Waals surface area (Å²) in [6, 6.07) is 4.73. The van der Waals surface area contributed by atoms with E-state index in [9.17, 15) is 4.39 Å². The highest BCUT2D eigenvalue weighted by molar-refractivity contribution is 5.95. The van der Waals surface area contributed by atoms with Crippen molar-refractivity contribution in [3.8, 4) is 0 Å². The zero-order valence-corrected chi connectivity index (χ0v) is 11.9. The molecular formula is C14H23FN4. The molecule has 0 aliphatic heterocycles. The summed E-state index contributed by atoms with van der Waals surface area (Å²) in [5.41, 5.74) is 6.36. The highest BCUT2D eigenvalue weighted by atomic mass is 19.1. The molecule has 0 aromatic heterocycles. The van der Waals surface area contributed by atoms with Crippen LogP contribution in [0, 0.1) is 11.2 Å². The molecule has 4 nitrogen and oxygen atoms in total. The Bertz CT molecular complexity index is 431. The van der Waals surface area contributed by atoms with Crippen LogP contribution in [0.5, 0.6) is 0 Å². The van der Waals surface area contributed by atoms with Crippen LogP contribution in [0.1, 0.15) is 18.9 Å². The fraction of sp³-hybridized carbons (Fsp3) is 0.500. The van der Waals surface area contributed by atoms with Crippen molar-refractivity contribution in [2.45, 2.75) is 13.3 Å². The zero-order valence-electron chi connectivity index (χ0n) is 11.9. The second kappa shape index (κ2) is 7.09. The standard InChI is InChI=1S/C14H23FN4/c1-4-7-19(9-8-18(2)3)13-6-5-11(14(16)17)10-12(13)15/h5-6,10H,4,7-9H2,1-3H3,(H3,16,17). The normalized spacial score (nSPS) is 10.8. The van der Waals surface area contributed by atoms with Gasteiger partial charge >= 0.3 is 0 Å². The van der Waals surface area contributed by atoms with E-state index >= 15 is 0 Å². The third-order valence-corrected chi connectivity index (χ3v) is 2.91. The van der Waals surface area contributed by atoms with Crippen molar-refractivity contribution in [3.05, 3.63) is 29.6 Å². The minimum Gasteiger partial charge on any atom is -0.384 e. The summed E-state index contributed by atoms with van der Waals surface area (Å²) in [7, 11) is 4.00. The van der Waals surface area contributed by atoms with Crippen LogP contribution in [-0.4, -0.2) is 44.5 Å². The minimum atomic E-state index is -0.320. The maximum Gasteiger partial charge on any atom is 0.147 e. The number of amidine groups is 1. The van der Waals surface area contributed by atoms with E-state index in [0.717, 1.165) is 26.1 Å². The molecule has 1 aromatic rings. The predicted octanol–water partition coefficient (Wildman–Crippen LogP) is 1.89. The lowest BCUT2D eigenvalue weighted by Gasteiger charge is -2.26. The first-order valence-corrected chi connectivity index (χ1v) is 6.49. The summed E-state index contributed by atoms with van der Waals surface area (Å²) >= 11 is 0. The number of hydrogen-bond acceptors (Lipinski definition) is 3. The lowest BCUT2D eigenvalue weighted by atomic mass is 10.1. The Morgan fingerprint density at radius 1 is 1.26 bits per heavy atom. The van der Waals surface area contributed by atoms with Gasteiger partial charge in [-0.15, -0.1) is 0 Å². The molecule has 0 bridgehead atoms. The van der Waals surface area contributed by atoms with Crippen LogP contribution >= 0.6 is 0 Å². The molecule has 0 atom stereocenters. The summed E-state index contributed by atoms with van der Waals surface area (Å²) in [5.74, 6) is -0.430. The number of rotatable bonds is 7. The highest BCUT2D eigenvalue weighted by Gasteiger charge is 2.12. The van der Waals surface area contributed by atoms with Gasteiger partial charge in [0.1, 0.15) is 11.7 Å². The molecule has 0 radical (unpaired) electrons.